The van der Waals surface area contributed by atoms with Crippen LogP contribution in [0.2, 0.25) is 0 Å². The fraction of sp³-hybridized carbons (Fsp3) is 0.944. The smallest absolute Gasteiger partial charge is 0.191 e. The molecular weight excluding hydrogens is 429 g/mol. The molecule has 1 rings (SSSR count). The summed E-state index contributed by atoms with van der Waals surface area (Å²) in [6, 6.07) is 0. The van der Waals surface area contributed by atoms with E-state index in [2.05, 4.69) is 55.2 Å². The Morgan fingerprint density at radius 1 is 1.16 bits per heavy atom. The van der Waals surface area contributed by atoms with Gasteiger partial charge in [-0.15, -0.1) is 24.0 Å². The normalized spacial score (nSPS) is 16.6. The van der Waals surface area contributed by atoms with E-state index in [9.17, 15) is 0 Å². The number of halogens is 1. The lowest BCUT2D eigenvalue weighted by Gasteiger charge is -2.39. The second-order valence-electron chi connectivity index (χ2n) is 7.19. The average Bonchev–Trinajstić information content (AvgIpc) is 2.58. The number of hydrogen-bond donors (Lipinski definition) is 2. The minimum Gasteiger partial charge on any atom is -0.379 e. The summed E-state index contributed by atoms with van der Waals surface area (Å²) in [5, 5.41) is 6.81. The number of likely N-dealkylation sites (N-methyl/N-ethyl adjacent to an activating group) is 1. The predicted molar refractivity (Wildman–Crippen MR) is 118 cm³/mol. The van der Waals surface area contributed by atoms with E-state index in [4.69, 9.17) is 9.73 Å². The van der Waals surface area contributed by atoms with Crippen LogP contribution in [0.25, 0.3) is 0 Å². The molecule has 0 saturated carbocycles. The first-order valence-electron chi connectivity index (χ1n) is 9.53. The van der Waals surface area contributed by atoms with E-state index in [-0.39, 0.29) is 29.5 Å². The highest BCUT2D eigenvalue weighted by Gasteiger charge is 2.28. The Morgan fingerprint density at radius 3 is 2.44 bits per heavy atom. The molecular formula is C18H40IN5O. The molecule has 1 saturated heterocycles. The van der Waals surface area contributed by atoms with Crippen molar-refractivity contribution in [1.29, 1.82) is 0 Å². The molecule has 2 N–H and O–H groups in total. The highest BCUT2D eigenvalue weighted by molar-refractivity contribution is 14.0. The molecule has 0 aromatic heterocycles. The van der Waals surface area contributed by atoms with E-state index >= 15 is 0 Å². The van der Waals surface area contributed by atoms with Gasteiger partial charge in [-0.3, -0.25) is 9.89 Å². The number of aliphatic imine (C=N–C) groups is 1. The number of unbranched alkanes of at least 4 members (excludes halogenated alkanes) is 1. The summed E-state index contributed by atoms with van der Waals surface area (Å²) < 4.78 is 5.46. The van der Waals surface area contributed by atoms with Crippen molar-refractivity contribution in [2.75, 3.05) is 66.1 Å². The van der Waals surface area contributed by atoms with Gasteiger partial charge in [-0.2, -0.15) is 0 Å². The fourth-order valence-electron chi connectivity index (χ4n) is 2.79. The highest BCUT2D eigenvalue weighted by Crippen LogP contribution is 2.16. The zero-order chi connectivity index (χ0) is 17.8. The van der Waals surface area contributed by atoms with Crippen LogP contribution in [0.4, 0.5) is 0 Å². The predicted octanol–water partition coefficient (Wildman–Crippen LogP) is 2.00. The van der Waals surface area contributed by atoms with E-state index < -0.39 is 0 Å². The number of nitrogens with zero attached hydrogens (tertiary/aromatic N) is 3. The Kier molecular flexibility index (Phi) is 13.9. The molecule has 0 aromatic carbocycles. The first-order chi connectivity index (χ1) is 11.5. The van der Waals surface area contributed by atoms with Crippen LogP contribution in [0.3, 0.4) is 0 Å². The topological polar surface area (TPSA) is 52.1 Å². The van der Waals surface area contributed by atoms with E-state index in [0.29, 0.717) is 0 Å². The molecule has 0 aromatic rings. The Balaban J connectivity index is 0.00000576. The van der Waals surface area contributed by atoms with E-state index in [1.807, 2.05) is 0 Å². The summed E-state index contributed by atoms with van der Waals surface area (Å²) in [5.74, 6) is 0.919. The van der Waals surface area contributed by atoms with Crippen molar-refractivity contribution >= 4 is 29.9 Å². The maximum absolute atomic E-state index is 5.46. The molecule has 150 valence electrons. The number of morpholine rings is 1. The molecule has 0 radical (unpaired) electrons. The quantitative estimate of drug-likeness (QED) is 0.291. The van der Waals surface area contributed by atoms with Gasteiger partial charge in [0.1, 0.15) is 0 Å². The molecule has 0 spiro atoms. The van der Waals surface area contributed by atoms with Gasteiger partial charge in [0.2, 0.25) is 0 Å². The van der Waals surface area contributed by atoms with Crippen molar-refractivity contribution in [2.45, 2.75) is 46.1 Å². The summed E-state index contributed by atoms with van der Waals surface area (Å²) in [7, 11) is 2.18. The molecule has 1 aliphatic rings. The van der Waals surface area contributed by atoms with Crippen LogP contribution < -0.4 is 10.6 Å². The van der Waals surface area contributed by atoms with Crippen molar-refractivity contribution in [3.63, 3.8) is 0 Å². The fourth-order valence-corrected chi connectivity index (χ4v) is 2.79. The minimum atomic E-state index is 0. The Bertz CT molecular complexity index is 359. The maximum Gasteiger partial charge on any atom is 0.191 e. The molecule has 0 unspecified atom stereocenters. The zero-order valence-electron chi connectivity index (χ0n) is 16.9. The monoisotopic (exact) mass is 469 g/mol. The van der Waals surface area contributed by atoms with Gasteiger partial charge < -0.3 is 20.3 Å². The van der Waals surface area contributed by atoms with Crippen molar-refractivity contribution in [2.24, 2.45) is 4.99 Å². The van der Waals surface area contributed by atoms with Crippen molar-refractivity contribution in [3.05, 3.63) is 0 Å². The lowest BCUT2D eigenvalue weighted by Crippen LogP contribution is -2.52. The standard InChI is InChI=1S/C18H39N5O.HI/c1-6-8-10-22(5)11-9-20-17(19-7-2)21-16-18(3,4)23-12-14-24-15-13-23;/h6-16H2,1-5H3,(H2,19,20,21);1H. The van der Waals surface area contributed by atoms with Crippen molar-refractivity contribution < 1.29 is 4.74 Å². The van der Waals surface area contributed by atoms with Gasteiger partial charge in [0.05, 0.1) is 19.8 Å². The van der Waals surface area contributed by atoms with Gasteiger partial charge in [0.25, 0.3) is 0 Å². The van der Waals surface area contributed by atoms with Gasteiger partial charge in [0, 0.05) is 38.3 Å². The molecule has 6 nitrogen and oxygen atoms in total. The van der Waals surface area contributed by atoms with Crippen LogP contribution in [-0.2, 0) is 4.74 Å². The number of rotatable bonds is 10. The number of nitrogens with one attached hydrogen (secondary N) is 2. The Labute approximate surface area is 172 Å². The van der Waals surface area contributed by atoms with Crippen molar-refractivity contribution in [3.8, 4) is 0 Å². The molecule has 25 heavy (non-hydrogen) atoms. The molecule has 1 aliphatic heterocycles. The maximum atomic E-state index is 5.46. The van der Waals surface area contributed by atoms with E-state index in [0.717, 1.165) is 65.0 Å². The third-order valence-electron chi connectivity index (χ3n) is 4.51. The summed E-state index contributed by atoms with van der Waals surface area (Å²) in [6.07, 6.45) is 2.51. The lowest BCUT2D eigenvalue weighted by atomic mass is 10.0. The first-order valence-corrected chi connectivity index (χ1v) is 9.53. The summed E-state index contributed by atoms with van der Waals surface area (Å²) in [5.41, 5.74) is 0.0596. The zero-order valence-corrected chi connectivity index (χ0v) is 19.3. The van der Waals surface area contributed by atoms with Crippen LogP contribution >= 0.6 is 24.0 Å². The Hall–Kier alpha value is -0.120. The number of ether oxygens (including phenoxy) is 1. The lowest BCUT2D eigenvalue weighted by molar-refractivity contribution is -0.00683. The molecule has 0 amide bonds. The molecule has 1 fully saturated rings. The Morgan fingerprint density at radius 2 is 1.84 bits per heavy atom. The minimum absolute atomic E-state index is 0. The van der Waals surface area contributed by atoms with Crippen LogP contribution in [0, 0.1) is 0 Å². The average molecular weight is 469 g/mol. The third kappa shape index (κ3) is 10.6. The molecule has 0 aliphatic carbocycles. The van der Waals surface area contributed by atoms with E-state index in [1.165, 1.54) is 12.8 Å². The van der Waals surface area contributed by atoms with Gasteiger partial charge in [-0.1, -0.05) is 13.3 Å². The SMILES string of the molecule is CCCCN(C)CCNC(=NCC(C)(C)N1CCOCC1)NCC.I. The van der Waals surface area contributed by atoms with E-state index in [1.54, 1.807) is 0 Å². The largest absolute Gasteiger partial charge is 0.379 e. The van der Waals surface area contributed by atoms with Gasteiger partial charge >= 0.3 is 0 Å². The van der Waals surface area contributed by atoms with Gasteiger partial charge in [-0.05, 0) is 40.8 Å². The van der Waals surface area contributed by atoms with Gasteiger partial charge in [0.15, 0.2) is 5.96 Å². The third-order valence-corrected chi connectivity index (χ3v) is 4.51. The van der Waals surface area contributed by atoms with Crippen LogP contribution in [0.5, 0.6) is 0 Å². The summed E-state index contributed by atoms with van der Waals surface area (Å²) >= 11 is 0. The highest BCUT2D eigenvalue weighted by atomic mass is 127. The molecule has 0 bridgehead atoms. The van der Waals surface area contributed by atoms with Crippen LogP contribution in [0.15, 0.2) is 4.99 Å². The number of guanidine groups is 1. The van der Waals surface area contributed by atoms with Gasteiger partial charge in [-0.25, -0.2) is 0 Å². The van der Waals surface area contributed by atoms with Crippen molar-refractivity contribution in [1.82, 2.24) is 20.4 Å². The first kappa shape index (κ1) is 24.9. The second-order valence-corrected chi connectivity index (χ2v) is 7.19. The van der Waals surface area contributed by atoms with Crippen LogP contribution in [0.1, 0.15) is 40.5 Å². The molecule has 1 heterocycles. The molecule has 0 atom stereocenters. The summed E-state index contributed by atoms with van der Waals surface area (Å²) in [4.78, 5) is 9.66. The summed E-state index contributed by atoms with van der Waals surface area (Å²) in [6.45, 7) is 17.3. The number of hydrogen-bond acceptors (Lipinski definition) is 4. The second kappa shape index (κ2) is 14.0. The van der Waals surface area contributed by atoms with Crippen LogP contribution in [-0.4, -0.2) is 87.4 Å². The molecule has 7 heteroatoms.